The van der Waals surface area contributed by atoms with E-state index in [1.54, 1.807) is 0 Å². The van der Waals surface area contributed by atoms with E-state index in [1.807, 2.05) is 0 Å². The summed E-state index contributed by atoms with van der Waals surface area (Å²) in [6.07, 6.45) is 0. The first-order valence-electron chi connectivity index (χ1n) is 7.42. The molecule has 0 spiro atoms. The van der Waals surface area contributed by atoms with Crippen molar-refractivity contribution in [2.45, 2.75) is 9.79 Å². The highest BCUT2D eigenvalue weighted by Gasteiger charge is 2.23. The Balaban J connectivity index is 2.47. The number of hydrogen-bond acceptors (Lipinski definition) is 6. The number of benzene rings is 2. The van der Waals surface area contributed by atoms with Crippen molar-refractivity contribution in [2.75, 3.05) is 26.4 Å². The molecule has 0 unspecified atom stereocenters. The third-order valence-electron chi connectivity index (χ3n) is 3.24. The van der Waals surface area contributed by atoms with Gasteiger partial charge in [-0.2, -0.15) is 0 Å². The number of ether oxygens (including phenoxy) is 2. The topological polar surface area (TPSA) is 93.1 Å². The summed E-state index contributed by atoms with van der Waals surface area (Å²) in [5, 5.41) is 17.8. The fourth-order valence-corrected chi connectivity index (χ4v) is 6.89. The molecule has 0 aliphatic carbocycles. The van der Waals surface area contributed by atoms with Crippen LogP contribution in [0.3, 0.4) is 0 Å². The van der Waals surface area contributed by atoms with Crippen molar-refractivity contribution in [1.82, 2.24) is 0 Å². The third-order valence-corrected chi connectivity index (χ3v) is 7.31. The van der Waals surface area contributed by atoms with Crippen LogP contribution in [0.25, 0.3) is 0 Å². The van der Waals surface area contributed by atoms with Crippen LogP contribution in [-0.2, 0) is 9.84 Å². The van der Waals surface area contributed by atoms with Crippen LogP contribution in [0.4, 0.5) is 0 Å². The van der Waals surface area contributed by atoms with E-state index in [-0.39, 0.29) is 36.2 Å². The molecular formula is C16H14Br4O6S. The van der Waals surface area contributed by atoms with Crippen LogP contribution < -0.4 is 9.47 Å². The number of hydrogen-bond donors (Lipinski definition) is 2. The van der Waals surface area contributed by atoms with Crippen molar-refractivity contribution in [3.05, 3.63) is 42.2 Å². The molecular weight excluding hydrogens is 640 g/mol. The zero-order chi connectivity index (χ0) is 20.2. The van der Waals surface area contributed by atoms with Gasteiger partial charge in [-0.1, -0.05) is 0 Å². The number of rotatable bonds is 8. The van der Waals surface area contributed by atoms with Crippen molar-refractivity contribution in [2.24, 2.45) is 0 Å². The summed E-state index contributed by atoms with van der Waals surface area (Å²) in [6, 6.07) is 5.74. The minimum absolute atomic E-state index is 0.0559. The van der Waals surface area contributed by atoms with E-state index >= 15 is 0 Å². The molecule has 27 heavy (non-hydrogen) atoms. The van der Waals surface area contributed by atoms with Gasteiger partial charge in [0, 0.05) is 0 Å². The van der Waals surface area contributed by atoms with Crippen LogP contribution in [0.5, 0.6) is 11.5 Å². The van der Waals surface area contributed by atoms with Crippen molar-refractivity contribution in [3.8, 4) is 11.5 Å². The van der Waals surface area contributed by atoms with E-state index in [0.717, 1.165) is 0 Å². The van der Waals surface area contributed by atoms with Crippen molar-refractivity contribution < 1.29 is 28.1 Å². The van der Waals surface area contributed by atoms with Crippen LogP contribution >= 0.6 is 63.7 Å². The number of aliphatic hydroxyl groups is 2. The van der Waals surface area contributed by atoms with Gasteiger partial charge in [0.15, 0.2) is 0 Å². The molecule has 0 bridgehead atoms. The van der Waals surface area contributed by atoms with Gasteiger partial charge in [-0.3, -0.25) is 0 Å². The lowest BCUT2D eigenvalue weighted by Gasteiger charge is -2.14. The number of aliphatic hydroxyl groups excluding tert-OH is 2. The summed E-state index contributed by atoms with van der Waals surface area (Å²) in [6.45, 7) is -0.158. The second-order valence-electron chi connectivity index (χ2n) is 5.08. The molecule has 0 aliphatic heterocycles. The Morgan fingerprint density at radius 3 is 1.26 bits per heavy atom. The van der Waals surface area contributed by atoms with Crippen molar-refractivity contribution in [3.63, 3.8) is 0 Å². The Morgan fingerprint density at radius 1 is 0.704 bits per heavy atom. The Hall–Kier alpha value is -0.170. The molecule has 2 aromatic rings. The van der Waals surface area contributed by atoms with Gasteiger partial charge in [0.1, 0.15) is 24.7 Å². The van der Waals surface area contributed by atoms with Gasteiger partial charge in [-0.05, 0) is 88.0 Å². The fourth-order valence-electron chi connectivity index (χ4n) is 2.09. The Bertz CT molecular complexity index is 817. The maximum atomic E-state index is 13.0. The lowest BCUT2D eigenvalue weighted by molar-refractivity contribution is 0.200. The van der Waals surface area contributed by atoms with Gasteiger partial charge < -0.3 is 19.7 Å². The third kappa shape index (κ3) is 5.46. The first kappa shape index (κ1) is 23.1. The molecule has 0 amide bonds. The summed E-state index contributed by atoms with van der Waals surface area (Å²) >= 11 is 13.2. The fraction of sp³-hybridized carbons (Fsp3) is 0.250. The first-order valence-corrected chi connectivity index (χ1v) is 12.1. The molecule has 11 heteroatoms. The molecule has 6 nitrogen and oxygen atoms in total. The van der Waals surface area contributed by atoms with E-state index < -0.39 is 9.84 Å². The van der Waals surface area contributed by atoms with Crippen molar-refractivity contribution >= 4 is 73.6 Å². The summed E-state index contributed by atoms with van der Waals surface area (Å²) in [5.41, 5.74) is 0. The Labute approximate surface area is 190 Å². The van der Waals surface area contributed by atoms with Gasteiger partial charge in [0.2, 0.25) is 9.84 Å². The van der Waals surface area contributed by atoms with E-state index in [4.69, 9.17) is 19.7 Å². The van der Waals surface area contributed by atoms with Gasteiger partial charge in [0.25, 0.3) is 0 Å². The van der Waals surface area contributed by atoms with Crippen LogP contribution in [0.2, 0.25) is 0 Å². The van der Waals surface area contributed by atoms with Gasteiger partial charge in [0.05, 0.1) is 40.9 Å². The highest BCUT2D eigenvalue weighted by Crippen LogP contribution is 2.40. The average molecular weight is 654 g/mol. The summed E-state index contributed by atoms with van der Waals surface area (Å²) in [5.74, 6) is 0.802. The van der Waals surface area contributed by atoms with Gasteiger partial charge in [-0.25, -0.2) is 8.42 Å². The summed E-state index contributed by atoms with van der Waals surface area (Å²) in [4.78, 5) is 0.112. The summed E-state index contributed by atoms with van der Waals surface area (Å²) < 4.78 is 38.6. The molecule has 0 aliphatic rings. The Morgan fingerprint density at radius 2 is 1.00 bits per heavy atom. The zero-order valence-electron chi connectivity index (χ0n) is 13.6. The molecule has 0 fully saturated rings. The molecule has 0 saturated heterocycles. The normalized spacial score (nSPS) is 11.5. The van der Waals surface area contributed by atoms with E-state index in [1.165, 1.54) is 24.3 Å². The summed E-state index contributed by atoms with van der Waals surface area (Å²) in [7, 11) is -3.83. The lowest BCUT2D eigenvalue weighted by Crippen LogP contribution is -2.07. The predicted octanol–water partition coefficient (Wildman–Crippen LogP) is 4.31. The van der Waals surface area contributed by atoms with E-state index in [9.17, 15) is 8.42 Å². The van der Waals surface area contributed by atoms with E-state index in [0.29, 0.717) is 29.4 Å². The molecule has 0 saturated carbocycles. The van der Waals surface area contributed by atoms with Gasteiger partial charge in [-0.15, -0.1) is 0 Å². The highest BCUT2D eigenvalue weighted by molar-refractivity contribution is 9.11. The first-order chi connectivity index (χ1) is 12.7. The van der Waals surface area contributed by atoms with Crippen LogP contribution in [-0.4, -0.2) is 45.1 Å². The zero-order valence-corrected chi connectivity index (χ0v) is 20.7. The molecule has 2 rings (SSSR count). The second kappa shape index (κ2) is 10.0. The maximum Gasteiger partial charge on any atom is 0.206 e. The largest absolute Gasteiger partial charge is 0.489 e. The van der Waals surface area contributed by atoms with Gasteiger partial charge >= 0.3 is 0 Å². The van der Waals surface area contributed by atoms with Crippen LogP contribution in [0.1, 0.15) is 0 Å². The molecule has 2 aromatic carbocycles. The minimum Gasteiger partial charge on any atom is -0.489 e. The molecule has 0 radical (unpaired) electrons. The number of halogens is 4. The van der Waals surface area contributed by atoms with Crippen LogP contribution in [0, 0.1) is 0 Å². The maximum absolute atomic E-state index is 13.0. The average Bonchev–Trinajstić information content (AvgIpc) is 2.60. The predicted molar refractivity (Wildman–Crippen MR) is 114 cm³/mol. The highest BCUT2D eigenvalue weighted by atomic mass is 79.9. The van der Waals surface area contributed by atoms with E-state index in [2.05, 4.69) is 63.7 Å². The minimum atomic E-state index is -3.83. The molecule has 2 N–H and O–H groups in total. The smallest absolute Gasteiger partial charge is 0.206 e. The van der Waals surface area contributed by atoms with Crippen molar-refractivity contribution in [1.29, 1.82) is 0 Å². The lowest BCUT2D eigenvalue weighted by atomic mass is 10.3. The quantitative estimate of drug-likeness (QED) is 0.441. The monoisotopic (exact) mass is 650 g/mol. The molecule has 0 heterocycles. The number of sulfone groups is 1. The van der Waals surface area contributed by atoms with Crippen LogP contribution in [0.15, 0.2) is 51.9 Å². The second-order valence-corrected chi connectivity index (χ2v) is 10.4. The SMILES string of the molecule is O=S(=O)(c1cc(Br)c(OCCO)c(Br)c1)c1cc(Br)c(OCCO)c(Br)c1. The standard InChI is InChI=1S/C16H14Br4O6S/c17-11-5-9(6-12(18)15(11)25-3-1-21)27(23,24)10-7-13(19)16(14(20)8-10)26-4-2-22/h5-8,21-22H,1-4H2. The molecule has 148 valence electrons. The molecule has 0 atom stereocenters. The Kier molecular flexibility index (Phi) is 8.59. The molecule has 0 aromatic heterocycles.